The maximum absolute atomic E-state index is 9.04. The highest BCUT2D eigenvalue weighted by molar-refractivity contribution is 4.98. The second-order valence-electron chi connectivity index (χ2n) is 2.90. The summed E-state index contributed by atoms with van der Waals surface area (Å²) in [5.41, 5.74) is 0. The lowest BCUT2D eigenvalue weighted by Crippen LogP contribution is -2.34. The molecule has 3 atom stereocenters. The predicted molar refractivity (Wildman–Crippen MR) is 30.5 cm³/mol. The molecule has 0 aromatic carbocycles. The highest BCUT2D eigenvalue weighted by atomic mass is 16.3. The van der Waals surface area contributed by atoms with Gasteiger partial charge in [0.05, 0.1) is 6.10 Å². The first-order valence-electron chi connectivity index (χ1n) is 3.28. The van der Waals surface area contributed by atoms with Gasteiger partial charge in [0.15, 0.2) is 0 Å². The minimum atomic E-state index is -0.0567. The van der Waals surface area contributed by atoms with Crippen LogP contribution in [0.4, 0.5) is 0 Å². The fraction of sp³-hybridized carbons (Fsp3) is 1.00. The molecule has 0 bridgehead atoms. The summed E-state index contributed by atoms with van der Waals surface area (Å²) in [5.74, 6) is 0.818. The Morgan fingerprint density at radius 2 is 2.25 bits per heavy atom. The first kappa shape index (κ1) is 4.77. The van der Waals surface area contributed by atoms with Crippen molar-refractivity contribution in [2.75, 3.05) is 6.54 Å². The number of fused-ring (bicyclic) bond motifs is 1. The first-order chi connectivity index (χ1) is 3.86. The Bertz CT molecular complexity index is 105. The number of rotatable bonds is 0. The predicted octanol–water partition coefficient (Wildman–Crippen LogP) is -0.271. The fourth-order valence-electron chi connectivity index (χ4n) is 1.48. The van der Waals surface area contributed by atoms with Crippen molar-refractivity contribution in [3.63, 3.8) is 0 Å². The van der Waals surface area contributed by atoms with Crippen molar-refractivity contribution in [3.05, 3.63) is 0 Å². The van der Waals surface area contributed by atoms with Crippen LogP contribution in [0.3, 0.4) is 0 Å². The lowest BCUT2D eigenvalue weighted by molar-refractivity contribution is 0.138. The van der Waals surface area contributed by atoms with Crippen LogP contribution in [0.2, 0.25) is 0 Å². The summed E-state index contributed by atoms with van der Waals surface area (Å²) < 4.78 is 0. The van der Waals surface area contributed by atoms with Crippen LogP contribution in [-0.2, 0) is 0 Å². The smallest absolute Gasteiger partial charge is 0.0667 e. The Balaban J connectivity index is 1.93. The molecule has 46 valence electrons. The van der Waals surface area contributed by atoms with Crippen molar-refractivity contribution in [1.82, 2.24) is 5.32 Å². The van der Waals surface area contributed by atoms with Crippen molar-refractivity contribution < 1.29 is 5.11 Å². The number of hydrogen-bond donors (Lipinski definition) is 2. The summed E-state index contributed by atoms with van der Waals surface area (Å²) in [6.07, 6.45) is 2.29. The molecule has 0 aromatic rings. The van der Waals surface area contributed by atoms with E-state index in [0.29, 0.717) is 0 Å². The van der Waals surface area contributed by atoms with Gasteiger partial charge in [-0.1, -0.05) is 0 Å². The maximum Gasteiger partial charge on any atom is 0.0667 e. The average molecular weight is 113 g/mol. The molecule has 1 heterocycles. The van der Waals surface area contributed by atoms with Crippen molar-refractivity contribution >= 4 is 0 Å². The number of aliphatic hydroxyl groups excluding tert-OH is 1. The van der Waals surface area contributed by atoms with Crippen LogP contribution < -0.4 is 5.32 Å². The molecule has 2 rings (SSSR count). The Morgan fingerprint density at radius 1 is 1.38 bits per heavy atom. The maximum atomic E-state index is 9.04. The largest absolute Gasteiger partial charge is 0.392 e. The molecule has 0 radical (unpaired) electrons. The van der Waals surface area contributed by atoms with Gasteiger partial charge < -0.3 is 10.4 Å². The molecule has 2 heteroatoms. The summed E-state index contributed by atoms with van der Waals surface area (Å²) >= 11 is 0. The molecule has 2 nitrogen and oxygen atoms in total. The summed E-state index contributed by atoms with van der Waals surface area (Å²) in [4.78, 5) is 0. The molecule has 2 aliphatic rings. The molecule has 1 saturated carbocycles. The molecule has 1 unspecified atom stereocenters. The van der Waals surface area contributed by atoms with E-state index in [4.69, 9.17) is 5.11 Å². The van der Waals surface area contributed by atoms with E-state index >= 15 is 0 Å². The van der Waals surface area contributed by atoms with E-state index in [0.717, 1.165) is 24.9 Å². The highest BCUT2D eigenvalue weighted by Crippen LogP contribution is 2.37. The molecular formula is C6H11NO. The number of β-amino-alcohol motifs (C(OH)–C–C–N with tert-alkyl or cyclic N) is 1. The van der Waals surface area contributed by atoms with Crippen LogP contribution in [0.15, 0.2) is 0 Å². The summed E-state index contributed by atoms with van der Waals surface area (Å²) in [6, 6.07) is 0.776. The topological polar surface area (TPSA) is 32.3 Å². The standard InChI is InChI=1S/C6H11NO/c8-5-1-4-2-6(4)7-3-5/h4-8H,1-3H2/t4-,5?,6+/m1/s1. The van der Waals surface area contributed by atoms with Gasteiger partial charge in [-0.3, -0.25) is 0 Å². The van der Waals surface area contributed by atoms with E-state index in [2.05, 4.69) is 5.32 Å². The number of piperidine rings is 1. The van der Waals surface area contributed by atoms with Crippen molar-refractivity contribution in [1.29, 1.82) is 0 Å². The van der Waals surface area contributed by atoms with Gasteiger partial charge >= 0.3 is 0 Å². The number of nitrogens with one attached hydrogen (secondary N) is 1. The fourth-order valence-corrected chi connectivity index (χ4v) is 1.48. The molecule has 2 N–H and O–H groups in total. The molecule has 1 aliphatic heterocycles. The van der Waals surface area contributed by atoms with Gasteiger partial charge in [0.25, 0.3) is 0 Å². The molecule has 1 aliphatic carbocycles. The van der Waals surface area contributed by atoms with Crippen LogP contribution in [0.5, 0.6) is 0 Å². The SMILES string of the molecule is OC1CN[C@H]2C[C@H]2C1. The Kier molecular flexibility index (Phi) is 0.866. The second-order valence-corrected chi connectivity index (χ2v) is 2.90. The van der Waals surface area contributed by atoms with E-state index in [9.17, 15) is 0 Å². The third kappa shape index (κ3) is 0.644. The average Bonchev–Trinajstić information content (AvgIpc) is 2.43. The van der Waals surface area contributed by atoms with Gasteiger partial charge in [0.1, 0.15) is 0 Å². The summed E-state index contributed by atoms with van der Waals surface area (Å²) in [5, 5.41) is 12.3. The third-order valence-corrected chi connectivity index (χ3v) is 2.11. The molecule has 2 fully saturated rings. The van der Waals surface area contributed by atoms with Crippen molar-refractivity contribution in [3.8, 4) is 0 Å². The van der Waals surface area contributed by atoms with Crippen molar-refractivity contribution in [2.24, 2.45) is 5.92 Å². The Morgan fingerprint density at radius 3 is 2.88 bits per heavy atom. The Hall–Kier alpha value is -0.0800. The van der Waals surface area contributed by atoms with Crippen LogP contribution in [0, 0.1) is 5.92 Å². The minimum Gasteiger partial charge on any atom is -0.392 e. The summed E-state index contributed by atoms with van der Waals surface area (Å²) in [7, 11) is 0. The summed E-state index contributed by atoms with van der Waals surface area (Å²) in [6.45, 7) is 0.821. The van der Waals surface area contributed by atoms with E-state index < -0.39 is 0 Å². The quantitative estimate of drug-likeness (QED) is 0.453. The van der Waals surface area contributed by atoms with Crippen LogP contribution in [0.25, 0.3) is 0 Å². The monoisotopic (exact) mass is 113 g/mol. The van der Waals surface area contributed by atoms with Crippen LogP contribution in [0.1, 0.15) is 12.8 Å². The zero-order valence-electron chi connectivity index (χ0n) is 4.80. The van der Waals surface area contributed by atoms with E-state index in [1.807, 2.05) is 0 Å². The lowest BCUT2D eigenvalue weighted by atomic mass is 10.1. The molecule has 0 spiro atoms. The molecule has 1 saturated heterocycles. The first-order valence-corrected chi connectivity index (χ1v) is 3.28. The van der Waals surface area contributed by atoms with E-state index in [1.165, 1.54) is 6.42 Å². The van der Waals surface area contributed by atoms with E-state index in [1.54, 1.807) is 0 Å². The Labute approximate surface area is 48.9 Å². The van der Waals surface area contributed by atoms with Crippen molar-refractivity contribution in [2.45, 2.75) is 25.0 Å². The van der Waals surface area contributed by atoms with Gasteiger partial charge in [0.2, 0.25) is 0 Å². The van der Waals surface area contributed by atoms with Crippen LogP contribution >= 0.6 is 0 Å². The molecule has 0 amide bonds. The normalized spacial score (nSPS) is 52.9. The molecule has 0 aromatic heterocycles. The zero-order valence-corrected chi connectivity index (χ0v) is 4.80. The lowest BCUT2D eigenvalue weighted by Gasteiger charge is -2.16. The minimum absolute atomic E-state index is 0.0567. The van der Waals surface area contributed by atoms with E-state index in [-0.39, 0.29) is 6.10 Å². The molecule has 8 heavy (non-hydrogen) atoms. The third-order valence-electron chi connectivity index (χ3n) is 2.11. The highest BCUT2D eigenvalue weighted by Gasteiger charge is 2.41. The molecular weight excluding hydrogens is 102 g/mol. The second kappa shape index (κ2) is 1.45. The van der Waals surface area contributed by atoms with Crippen LogP contribution in [-0.4, -0.2) is 23.8 Å². The zero-order chi connectivity index (χ0) is 5.56. The van der Waals surface area contributed by atoms with Gasteiger partial charge in [-0.2, -0.15) is 0 Å². The van der Waals surface area contributed by atoms with Gasteiger partial charge in [-0.05, 0) is 18.8 Å². The van der Waals surface area contributed by atoms with Gasteiger partial charge in [0, 0.05) is 12.6 Å². The van der Waals surface area contributed by atoms with Gasteiger partial charge in [-0.15, -0.1) is 0 Å². The number of aliphatic hydroxyl groups is 1. The number of hydrogen-bond acceptors (Lipinski definition) is 2. The van der Waals surface area contributed by atoms with Gasteiger partial charge in [-0.25, -0.2) is 0 Å².